The monoisotopic (exact) mass is 429 g/mol. The predicted molar refractivity (Wildman–Crippen MR) is 117 cm³/mol. The first-order valence-electron chi connectivity index (χ1n) is 10.5. The molecular weight excluding hydrogens is 410 g/mol. The Hall–Kier alpha value is -3.25. The van der Waals surface area contributed by atoms with Crippen LogP contribution in [-0.4, -0.2) is 24.9 Å². The molecule has 0 saturated heterocycles. The van der Waals surface area contributed by atoms with Crippen molar-refractivity contribution in [2.75, 3.05) is 0 Å². The zero-order chi connectivity index (χ0) is 20.9. The Morgan fingerprint density at radius 1 is 1.06 bits per heavy atom. The van der Waals surface area contributed by atoms with Gasteiger partial charge in [0.1, 0.15) is 11.6 Å². The van der Waals surface area contributed by atoms with E-state index < -0.39 is 0 Å². The zero-order valence-corrected chi connectivity index (χ0v) is 17.8. The van der Waals surface area contributed by atoms with Crippen LogP contribution >= 0.6 is 11.6 Å². The number of fused-ring (bicyclic) bond motifs is 3. The standard InChI is InChI=1S/C24H20ClN5O/c1-14-27-28-24-17(13-22-26-23(29-31-22)16-6-7-16)12-20(15-8-10-18(25)11-9-15)19-4-2-3-5-21(19)30(14)24/h2-5,8-12,16-17H,6-7,13H2,1H3. The molecule has 1 aliphatic carbocycles. The number of aryl methyl sites for hydroxylation is 1. The lowest BCUT2D eigenvalue weighted by atomic mass is 9.93. The van der Waals surface area contributed by atoms with Gasteiger partial charge in [-0.05, 0) is 49.1 Å². The molecule has 0 radical (unpaired) electrons. The average Bonchev–Trinajstić information content (AvgIpc) is 3.44. The van der Waals surface area contributed by atoms with Gasteiger partial charge in [0, 0.05) is 28.8 Å². The zero-order valence-electron chi connectivity index (χ0n) is 17.0. The topological polar surface area (TPSA) is 69.6 Å². The number of allylic oxidation sites excluding steroid dienone is 1. The highest BCUT2D eigenvalue weighted by molar-refractivity contribution is 6.30. The normalized spacial score (nSPS) is 17.6. The van der Waals surface area contributed by atoms with E-state index in [1.165, 1.54) is 0 Å². The molecule has 2 aliphatic rings. The van der Waals surface area contributed by atoms with Crippen molar-refractivity contribution in [2.24, 2.45) is 0 Å². The maximum absolute atomic E-state index is 6.16. The molecule has 1 unspecified atom stereocenters. The first kappa shape index (κ1) is 18.5. The van der Waals surface area contributed by atoms with E-state index in [1.807, 2.05) is 25.1 Å². The fourth-order valence-electron chi connectivity index (χ4n) is 4.26. The van der Waals surface area contributed by atoms with Gasteiger partial charge >= 0.3 is 0 Å². The Bertz CT molecular complexity index is 1300. The number of hydrogen-bond donors (Lipinski definition) is 0. The number of benzene rings is 2. The van der Waals surface area contributed by atoms with Crippen molar-refractivity contribution in [3.05, 3.63) is 94.1 Å². The Labute approximate surface area is 184 Å². The van der Waals surface area contributed by atoms with Gasteiger partial charge in [-0.2, -0.15) is 4.98 Å². The second kappa shape index (κ2) is 7.17. The maximum atomic E-state index is 6.16. The summed E-state index contributed by atoms with van der Waals surface area (Å²) in [6, 6.07) is 16.3. The van der Waals surface area contributed by atoms with Crippen molar-refractivity contribution in [1.82, 2.24) is 24.9 Å². The molecular formula is C24H20ClN5O. The van der Waals surface area contributed by atoms with Crippen LogP contribution in [0.5, 0.6) is 0 Å². The Kier molecular flexibility index (Phi) is 4.28. The number of hydrogen-bond acceptors (Lipinski definition) is 5. The van der Waals surface area contributed by atoms with Gasteiger partial charge in [-0.15, -0.1) is 10.2 Å². The molecule has 6 nitrogen and oxygen atoms in total. The summed E-state index contributed by atoms with van der Waals surface area (Å²) in [5.41, 5.74) is 4.42. The fraction of sp³-hybridized carbons (Fsp3) is 0.250. The lowest BCUT2D eigenvalue weighted by Gasteiger charge is -2.13. The van der Waals surface area contributed by atoms with Gasteiger partial charge in [-0.1, -0.05) is 53.2 Å². The molecule has 1 saturated carbocycles. The lowest BCUT2D eigenvalue weighted by Crippen LogP contribution is -2.09. The van der Waals surface area contributed by atoms with E-state index >= 15 is 0 Å². The van der Waals surface area contributed by atoms with Crippen molar-refractivity contribution in [2.45, 2.75) is 38.0 Å². The number of para-hydroxylation sites is 1. The van der Waals surface area contributed by atoms with Crippen LogP contribution < -0.4 is 0 Å². The van der Waals surface area contributed by atoms with Gasteiger partial charge < -0.3 is 4.52 Å². The van der Waals surface area contributed by atoms with Crippen LogP contribution in [0.2, 0.25) is 5.02 Å². The molecule has 154 valence electrons. The Balaban J connectivity index is 1.51. The number of aromatic nitrogens is 5. The van der Waals surface area contributed by atoms with E-state index in [0.29, 0.717) is 23.3 Å². The molecule has 2 aromatic carbocycles. The first-order chi connectivity index (χ1) is 15.2. The number of nitrogens with zero attached hydrogens (tertiary/aromatic N) is 5. The minimum atomic E-state index is -0.0632. The van der Waals surface area contributed by atoms with Crippen LogP contribution in [0, 0.1) is 6.92 Å². The summed E-state index contributed by atoms with van der Waals surface area (Å²) in [6.45, 7) is 1.98. The molecule has 0 bridgehead atoms. The summed E-state index contributed by atoms with van der Waals surface area (Å²) < 4.78 is 7.74. The Morgan fingerprint density at radius 3 is 2.68 bits per heavy atom. The second-order valence-corrected chi connectivity index (χ2v) is 8.61. The van der Waals surface area contributed by atoms with Gasteiger partial charge in [0.25, 0.3) is 0 Å². The van der Waals surface area contributed by atoms with Crippen LogP contribution in [0.4, 0.5) is 0 Å². The average molecular weight is 430 g/mol. The highest BCUT2D eigenvalue weighted by atomic mass is 35.5. The van der Waals surface area contributed by atoms with Gasteiger partial charge in [0.15, 0.2) is 5.82 Å². The lowest BCUT2D eigenvalue weighted by molar-refractivity contribution is 0.368. The minimum absolute atomic E-state index is 0.0632. The summed E-state index contributed by atoms with van der Waals surface area (Å²) in [4.78, 5) is 4.65. The van der Waals surface area contributed by atoms with Crippen molar-refractivity contribution in [3.63, 3.8) is 0 Å². The number of rotatable bonds is 4. The van der Waals surface area contributed by atoms with E-state index in [9.17, 15) is 0 Å². The van der Waals surface area contributed by atoms with Crippen LogP contribution in [0.25, 0.3) is 11.3 Å². The fourth-order valence-corrected chi connectivity index (χ4v) is 4.38. The van der Waals surface area contributed by atoms with E-state index in [4.69, 9.17) is 16.1 Å². The quantitative estimate of drug-likeness (QED) is 0.442. The highest BCUT2D eigenvalue weighted by Crippen LogP contribution is 2.40. The molecule has 7 heteroatoms. The van der Waals surface area contributed by atoms with Crippen LogP contribution in [0.1, 0.15) is 59.2 Å². The summed E-state index contributed by atoms with van der Waals surface area (Å²) >= 11 is 6.16. The summed E-state index contributed by atoms with van der Waals surface area (Å²) in [6.07, 6.45) is 5.11. The molecule has 0 N–H and O–H groups in total. The molecule has 31 heavy (non-hydrogen) atoms. The Morgan fingerprint density at radius 2 is 1.87 bits per heavy atom. The van der Waals surface area contributed by atoms with Crippen molar-refractivity contribution < 1.29 is 4.52 Å². The van der Waals surface area contributed by atoms with Crippen molar-refractivity contribution in [3.8, 4) is 5.69 Å². The molecule has 4 aromatic rings. The third-order valence-electron chi connectivity index (χ3n) is 5.96. The summed E-state index contributed by atoms with van der Waals surface area (Å²) in [7, 11) is 0. The minimum Gasteiger partial charge on any atom is -0.339 e. The van der Waals surface area contributed by atoms with E-state index in [-0.39, 0.29) is 5.92 Å². The third kappa shape index (κ3) is 3.27. The molecule has 3 heterocycles. The van der Waals surface area contributed by atoms with E-state index in [1.54, 1.807) is 0 Å². The van der Waals surface area contributed by atoms with Crippen molar-refractivity contribution >= 4 is 17.2 Å². The van der Waals surface area contributed by atoms with Crippen LogP contribution in [-0.2, 0) is 6.42 Å². The maximum Gasteiger partial charge on any atom is 0.227 e. The van der Waals surface area contributed by atoms with Gasteiger partial charge in [0.05, 0.1) is 5.69 Å². The molecule has 1 fully saturated rings. The number of halogens is 1. The van der Waals surface area contributed by atoms with E-state index in [2.05, 4.69) is 61.3 Å². The molecule has 0 amide bonds. The van der Waals surface area contributed by atoms with Crippen LogP contribution in [0.3, 0.4) is 0 Å². The smallest absolute Gasteiger partial charge is 0.227 e. The molecule has 6 rings (SSSR count). The van der Waals surface area contributed by atoms with Crippen molar-refractivity contribution in [1.29, 1.82) is 0 Å². The highest BCUT2D eigenvalue weighted by Gasteiger charge is 2.31. The van der Waals surface area contributed by atoms with E-state index in [0.717, 1.165) is 52.7 Å². The SMILES string of the molecule is Cc1nnc2n1-c1ccccc1C(c1ccc(Cl)cc1)=CC2Cc1nc(C2CC2)no1. The van der Waals surface area contributed by atoms with Crippen LogP contribution in [0.15, 0.2) is 59.1 Å². The van der Waals surface area contributed by atoms with Gasteiger partial charge in [-0.3, -0.25) is 4.57 Å². The second-order valence-electron chi connectivity index (χ2n) is 8.18. The third-order valence-corrected chi connectivity index (χ3v) is 6.21. The summed E-state index contributed by atoms with van der Waals surface area (Å²) in [5, 5.41) is 13.8. The van der Waals surface area contributed by atoms with Gasteiger partial charge in [0.2, 0.25) is 5.89 Å². The molecule has 0 spiro atoms. The first-order valence-corrected chi connectivity index (χ1v) is 10.9. The molecule has 1 atom stereocenters. The molecule has 1 aliphatic heterocycles. The summed E-state index contributed by atoms with van der Waals surface area (Å²) in [5.74, 6) is 3.58. The predicted octanol–water partition coefficient (Wildman–Crippen LogP) is 5.26. The largest absolute Gasteiger partial charge is 0.339 e. The van der Waals surface area contributed by atoms with Gasteiger partial charge in [-0.25, -0.2) is 0 Å². The molecule has 2 aromatic heterocycles.